The van der Waals surface area contributed by atoms with Crippen LogP contribution in [-0.4, -0.2) is 67.6 Å². The number of hydrogen-bond acceptors (Lipinski definition) is 5. The van der Waals surface area contributed by atoms with E-state index >= 15 is 0 Å². The zero-order valence-corrected chi connectivity index (χ0v) is 29.9. The number of nitrogens with zero attached hydrogens (tertiary/aromatic N) is 1. The van der Waals surface area contributed by atoms with Crippen molar-refractivity contribution in [3.8, 4) is 0 Å². The minimum Gasteiger partial charge on any atom is -0.478 e. The molecule has 0 aliphatic heterocycles. The van der Waals surface area contributed by atoms with Gasteiger partial charge >= 0.3 is 5.97 Å². The second-order valence-electron chi connectivity index (χ2n) is 11.1. The van der Waals surface area contributed by atoms with Gasteiger partial charge in [-0.1, -0.05) is 101 Å². The number of aliphatic carboxylic acids is 1. The summed E-state index contributed by atoms with van der Waals surface area (Å²) in [6.45, 7) is 29.7. The number of rotatable bonds is 11. The summed E-state index contributed by atoms with van der Waals surface area (Å²) in [6, 6.07) is 8.11. The number of carboxylic acids is 1. The van der Waals surface area contributed by atoms with Crippen molar-refractivity contribution in [2.75, 3.05) is 32.5 Å². The minimum absolute atomic E-state index is 0.0308. The first kappa shape index (κ1) is 46.1. The average molecular weight is 595 g/mol. The maximum atomic E-state index is 12.9. The van der Waals surface area contributed by atoms with E-state index in [0.717, 1.165) is 17.8 Å². The summed E-state index contributed by atoms with van der Waals surface area (Å²) in [6.07, 6.45) is 3.38. The molecule has 2 atom stereocenters. The Bertz CT molecular complexity index is 877. The summed E-state index contributed by atoms with van der Waals surface area (Å²) >= 11 is 0. The zero-order valence-electron chi connectivity index (χ0n) is 29.9. The lowest BCUT2D eigenvalue weighted by molar-refractivity contribution is -0.132. The molecular weight excluding hydrogens is 528 g/mol. The Labute approximate surface area is 259 Å². The van der Waals surface area contributed by atoms with Crippen LogP contribution in [0.15, 0.2) is 35.9 Å². The van der Waals surface area contributed by atoms with E-state index in [-0.39, 0.29) is 34.4 Å². The quantitative estimate of drug-likeness (QED) is 0.161. The van der Waals surface area contributed by atoms with E-state index in [9.17, 15) is 14.4 Å². The molecule has 2 amide bonds. The van der Waals surface area contributed by atoms with E-state index in [1.165, 1.54) is 24.3 Å². The third-order valence-electron chi connectivity index (χ3n) is 6.12. The first-order valence-corrected chi connectivity index (χ1v) is 15.4. The Hall–Kier alpha value is -2.87. The molecule has 0 aliphatic rings. The van der Waals surface area contributed by atoms with Gasteiger partial charge in [0.15, 0.2) is 0 Å². The molecule has 246 valence electrons. The van der Waals surface area contributed by atoms with E-state index in [4.69, 9.17) is 5.11 Å². The van der Waals surface area contributed by atoms with Crippen molar-refractivity contribution in [3.63, 3.8) is 0 Å². The first-order chi connectivity index (χ1) is 19.5. The molecular formula is C34H66N4O4. The van der Waals surface area contributed by atoms with Crippen molar-refractivity contribution >= 4 is 24.0 Å². The predicted molar refractivity (Wildman–Crippen MR) is 182 cm³/mol. The lowest BCUT2D eigenvalue weighted by atomic mass is 9.76. The van der Waals surface area contributed by atoms with Gasteiger partial charge in [0.05, 0.1) is 6.04 Å². The van der Waals surface area contributed by atoms with Crippen LogP contribution in [0.1, 0.15) is 109 Å². The molecule has 1 aromatic carbocycles. The predicted octanol–water partition coefficient (Wildman–Crippen LogP) is 7.11. The van der Waals surface area contributed by atoms with Crippen LogP contribution in [0.25, 0.3) is 0 Å². The van der Waals surface area contributed by atoms with Crippen molar-refractivity contribution in [1.82, 2.24) is 15.5 Å². The molecule has 1 aromatic rings. The third kappa shape index (κ3) is 20.1. The largest absolute Gasteiger partial charge is 0.478 e. The van der Waals surface area contributed by atoms with E-state index in [1.54, 1.807) is 7.05 Å². The van der Waals surface area contributed by atoms with Crippen LogP contribution in [0.2, 0.25) is 0 Å². The van der Waals surface area contributed by atoms with Crippen molar-refractivity contribution in [1.29, 1.82) is 0 Å². The van der Waals surface area contributed by atoms with Crippen LogP contribution in [-0.2, 0) is 19.8 Å². The van der Waals surface area contributed by atoms with Gasteiger partial charge in [-0.2, -0.15) is 0 Å². The Kier molecular flexibility index (Phi) is 28.3. The molecule has 0 spiro atoms. The molecule has 8 heteroatoms. The highest BCUT2D eigenvalue weighted by Crippen LogP contribution is 2.30. The summed E-state index contributed by atoms with van der Waals surface area (Å²) in [5.74, 6) is -0.914. The van der Waals surface area contributed by atoms with Crippen LogP contribution in [0.4, 0.5) is 5.69 Å². The number of benzene rings is 1. The van der Waals surface area contributed by atoms with Crippen LogP contribution in [0, 0.1) is 5.41 Å². The number of carbonyl (C=O) groups is 3. The molecule has 1 rings (SSSR count). The fraction of sp³-hybridized carbons (Fsp3) is 0.676. The standard InChI is InChI=1S/C20H35N3O.C7H11NO3.C3H8.2C2H6/c1-9-22-16-12-10-11-15(13-16)20(6,7)17(21-8)18(24)23-14(2)19(3,4)5;1-6(7(10)11)3-4-8(2)5-9;1-3-2;2*1-2/h10-14,17,21-22H,9H2,1-8H3,(H,23,24);3,5H,4H2,1-2H3,(H,10,11);3H2,1-2H3;2*1-2H3/b;6-3+;;;. The van der Waals surface area contributed by atoms with Crippen LogP contribution in [0.5, 0.6) is 0 Å². The number of carbonyl (C=O) groups excluding carboxylic acids is 2. The summed E-state index contributed by atoms with van der Waals surface area (Å²) in [4.78, 5) is 34.5. The fourth-order valence-electron chi connectivity index (χ4n) is 3.14. The molecule has 0 fully saturated rings. The second-order valence-corrected chi connectivity index (χ2v) is 11.1. The number of likely N-dealkylation sites (N-methyl/N-ethyl adjacent to an activating group) is 2. The molecule has 0 radical (unpaired) electrons. The Balaban J connectivity index is -0.000000334. The van der Waals surface area contributed by atoms with E-state index in [2.05, 4.69) is 96.5 Å². The lowest BCUT2D eigenvalue weighted by Crippen LogP contribution is -2.56. The summed E-state index contributed by atoms with van der Waals surface area (Å²) in [5, 5.41) is 18.1. The highest BCUT2D eigenvalue weighted by atomic mass is 16.4. The minimum atomic E-state index is -0.954. The fourth-order valence-corrected chi connectivity index (χ4v) is 3.14. The highest BCUT2D eigenvalue weighted by Gasteiger charge is 2.37. The van der Waals surface area contributed by atoms with Crippen molar-refractivity contribution in [2.45, 2.75) is 121 Å². The highest BCUT2D eigenvalue weighted by molar-refractivity contribution is 5.85. The SMILES string of the molecule is C/C(=C\CN(C)C=O)C(=O)O.CC.CC.CCC.CCNc1cccc(C(C)(C)C(NC)C(=O)NC(C)C(C)(C)C)c1. The van der Waals surface area contributed by atoms with Gasteiger partial charge in [0.2, 0.25) is 12.3 Å². The topological polar surface area (TPSA) is 111 Å². The monoisotopic (exact) mass is 595 g/mol. The molecule has 0 bridgehead atoms. The Morgan fingerprint density at radius 1 is 1.02 bits per heavy atom. The molecule has 4 N–H and O–H groups in total. The lowest BCUT2D eigenvalue weighted by Gasteiger charge is -2.36. The second kappa shape index (κ2) is 25.8. The summed E-state index contributed by atoms with van der Waals surface area (Å²) in [7, 11) is 3.43. The molecule has 0 saturated carbocycles. The van der Waals surface area contributed by atoms with Gasteiger partial charge in [-0.3, -0.25) is 9.59 Å². The maximum Gasteiger partial charge on any atom is 0.331 e. The van der Waals surface area contributed by atoms with Gasteiger partial charge in [0.25, 0.3) is 0 Å². The van der Waals surface area contributed by atoms with Gasteiger partial charge in [-0.25, -0.2) is 4.79 Å². The number of hydrogen-bond donors (Lipinski definition) is 4. The number of anilines is 1. The summed E-state index contributed by atoms with van der Waals surface area (Å²) in [5.41, 5.74) is 2.17. The Morgan fingerprint density at radius 2 is 1.52 bits per heavy atom. The van der Waals surface area contributed by atoms with Gasteiger partial charge in [0, 0.05) is 42.9 Å². The third-order valence-corrected chi connectivity index (χ3v) is 6.12. The molecule has 0 saturated heterocycles. The van der Waals surface area contributed by atoms with Crippen LogP contribution >= 0.6 is 0 Å². The van der Waals surface area contributed by atoms with E-state index < -0.39 is 5.97 Å². The average Bonchev–Trinajstić information content (AvgIpc) is 2.94. The first-order valence-electron chi connectivity index (χ1n) is 15.4. The number of nitrogens with one attached hydrogen (secondary N) is 3. The number of amides is 2. The smallest absolute Gasteiger partial charge is 0.331 e. The summed E-state index contributed by atoms with van der Waals surface area (Å²) < 4.78 is 0. The van der Waals surface area contributed by atoms with Crippen LogP contribution in [0.3, 0.4) is 0 Å². The van der Waals surface area contributed by atoms with Gasteiger partial charge < -0.3 is 26.0 Å². The molecule has 42 heavy (non-hydrogen) atoms. The van der Waals surface area contributed by atoms with Crippen molar-refractivity contribution in [3.05, 3.63) is 41.5 Å². The van der Waals surface area contributed by atoms with Gasteiger partial charge in [0.1, 0.15) is 0 Å². The van der Waals surface area contributed by atoms with Gasteiger partial charge in [-0.05, 0) is 50.9 Å². The van der Waals surface area contributed by atoms with Gasteiger partial charge in [-0.15, -0.1) is 0 Å². The molecule has 0 aromatic heterocycles. The molecule has 8 nitrogen and oxygen atoms in total. The maximum absolute atomic E-state index is 12.9. The normalized spacial score (nSPS) is 12.0. The van der Waals surface area contributed by atoms with Crippen molar-refractivity contribution < 1.29 is 19.5 Å². The zero-order chi connectivity index (χ0) is 34.1. The molecule has 2 unspecified atom stereocenters. The van der Waals surface area contributed by atoms with E-state index in [0.29, 0.717) is 13.0 Å². The Morgan fingerprint density at radius 3 is 1.90 bits per heavy atom. The van der Waals surface area contributed by atoms with E-state index in [1.807, 2.05) is 40.8 Å². The number of carboxylic acid groups (broad SMARTS) is 1. The molecule has 0 aliphatic carbocycles. The molecule has 0 heterocycles. The van der Waals surface area contributed by atoms with Crippen LogP contribution < -0.4 is 16.0 Å². The van der Waals surface area contributed by atoms with Crippen molar-refractivity contribution in [2.24, 2.45) is 5.41 Å².